The van der Waals surface area contributed by atoms with Gasteiger partial charge in [0.25, 0.3) is 5.54 Å². The van der Waals surface area contributed by atoms with Gasteiger partial charge in [-0.15, -0.1) is 0 Å². The molecule has 0 fully saturated rings. The average Bonchev–Trinajstić information content (AvgIpc) is 2.77. The van der Waals surface area contributed by atoms with E-state index in [1.807, 2.05) is 0 Å². The topological polar surface area (TPSA) is 88.3 Å². The summed E-state index contributed by atoms with van der Waals surface area (Å²) in [5.74, 6) is -1.77. The molecule has 24 heavy (non-hydrogen) atoms. The van der Waals surface area contributed by atoms with E-state index in [0.717, 1.165) is 7.11 Å². The maximum Gasteiger partial charge on any atom is 0.422 e. The molecule has 0 radical (unpaired) electrons. The zero-order chi connectivity index (χ0) is 18.3. The molecule has 0 aliphatic rings. The Balaban J connectivity index is 2.97. The number of halogens is 3. The van der Waals surface area contributed by atoms with Crippen molar-refractivity contribution in [3.63, 3.8) is 0 Å². The Kier molecular flexibility index (Phi) is 4.40. The van der Waals surface area contributed by atoms with E-state index in [2.05, 4.69) is 9.72 Å². The van der Waals surface area contributed by atoms with Crippen LogP contribution in [-0.2, 0) is 25.1 Å². The molecule has 1 aromatic carbocycles. The number of hydrogen-bond acceptors (Lipinski definition) is 4. The lowest BCUT2D eigenvalue weighted by Gasteiger charge is -2.33. The number of esters is 1. The van der Waals surface area contributed by atoms with E-state index in [1.54, 1.807) is 6.07 Å². The van der Waals surface area contributed by atoms with E-state index in [4.69, 9.17) is 0 Å². The maximum atomic E-state index is 14.0. The van der Waals surface area contributed by atoms with Gasteiger partial charge in [0.2, 0.25) is 10.0 Å². The molecule has 0 amide bonds. The summed E-state index contributed by atoms with van der Waals surface area (Å²) < 4.78 is 70.9. The number of hydrogen-bond donors (Lipinski definition) is 2. The normalized spacial score (nSPS) is 15.2. The number of fused-ring (bicyclic) bond motifs is 1. The molecule has 6 nitrogen and oxygen atoms in total. The lowest BCUT2D eigenvalue weighted by Crippen LogP contribution is -2.61. The van der Waals surface area contributed by atoms with Crippen molar-refractivity contribution in [1.82, 2.24) is 9.71 Å². The first-order valence-electron chi connectivity index (χ1n) is 6.66. The summed E-state index contributed by atoms with van der Waals surface area (Å²) in [6.45, 7) is 1.32. The summed E-state index contributed by atoms with van der Waals surface area (Å²) in [7, 11) is -3.66. The van der Waals surface area contributed by atoms with Gasteiger partial charge in [-0.2, -0.15) is 17.9 Å². The standard InChI is InChI=1S/C14H15F3N2O4S/c1-8-11(9-6-4-5-7-10(9)18-8)13(12(20)23-2,14(15,16)17)19-24(3,21)22/h4-7,18-19H,1-3H3/t13-/m1/s1. The highest BCUT2D eigenvalue weighted by atomic mass is 32.2. The van der Waals surface area contributed by atoms with Crippen LogP contribution in [0.4, 0.5) is 13.2 Å². The first-order valence-corrected chi connectivity index (χ1v) is 8.55. The van der Waals surface area contributed by atoms with E-state index in [9.17, 15) is 26.4 Å². The molecule has 132 valence electrons. The Morgan fingerprint density at radius 3 is 2.33 bits per heavy atom. The number of ether oxygens (including phenoxy) is 1. The van der Waals surface area contributed by atoms with Crippen LogP contribution in [0.1, 0.15) is 11.3 Å². The van der Waals surface area contributed by atoms with Crippen LogP contribution in [-0.4, -0.2) is 38.9 Å². The zero-order valence-electron chi connectivity index (χ0n) is 13.0. The number of methoxy groups -OCH3 is 1. The van der Waals surface area contributed by atoms with Crippen molar-refractivity contribution >= 4 is 26.9 Å². The number of benzene rings is 1. The number of para-hydroxylation sites is 1. The summed E-state index contributed by atoms with van der Waals surface area (Å²) in [4.78, 5) is 14.9. The zero-order valence-corrected chi connectivity index (χ0v) is 13.8. The highest BCUT2D eigenvalue weighted by molar-refractivity contribution is 7.88. The maximum absolute atomic E-state index is 14.0. The number of rotatable bonds is 4. The summed E-state index contributed by atoms with van der Waals surface area (Å²) in [6, 6.07) is 5.96. The van der Waals surface area contributed by atoms with Crippen molar-refractivity contribution in [3.8, 4) is 0 Å². The Morgan fingerprint density at radius 1 is 1.25 bits per heavy atom. The summed E-state index contributed by atoms with van der Waals surface area (Å²) in [5.41, 5.74) is -3.77. The average molecular weight is 364 g/mol. The van der Waals surface area contributed by atoms with Crippen LogP contribution in [0.2, 0.25) is 0 Å². The number of aromatic nitrogens is 1. The van der Waals surface area contributed by atoms with Crippen molar-refractivity contribution in [3.05, 3.63) is 35.5 Å². The predicted octanol–water partition coefficient (Wildman–Crippen LogP) is 1.96. The number of aryl methyl sites for hydroxylation is 1. The number of nitrogens with one attached hydrogen (secondary N) is 2. The second-order valence-electron chi connectivity index (χ2n) is 5.28. The van der Waals surface area contributed by atoms with Crippen molar-refractivity contribution in [1.29, 1.82) is 0 Å². The Hall–Kier alpha value is -2.07. The molecule has 0 unspecified atom stereocenters. The van der Waals surface area contributed by atoms with E-state index in [0.29, 0.717) is 11.8 Å². The highest BCUT2D eigenvalue weighted by Gasteiger charge is 2.65. The van der Waals surface area contributed by atoms with Gasteiger partial charge in [0.1, 0.15) is 0 Å². The first-order chi connectivity index (χ1) is 10.9. The number of sulfonamides is 1. The molecule has 0 bridgehead atoms. The molecule has 1 atom stereocenters. The van der Waals surface area contributed by atoms with E-state index < -0.39 is 33.3 Å². The third-order valence-electron chi connectivity index (χ3n) is 3.52. The molecule has 10 heteroatoms. The molecular weight excluding hydrogens is 349 g/mol. The molecule has 1 aromatic heterocycles. The van der Waals surface area contributed by atoms with Gasteiger partial charge in [0.15, 0.2) is 0 Å². The fraction of sp³-hybridized carbons (Fsp3) is 0.357. The molecule has 0 aliphatic heterocycles. The molecule has 0 spiro atoms. The third kappa shape index (κ3) is 2.86. The van der Waals surface area contributed by atoms with E-state index >= 15 is 0 Å². The van der Waals surface area contributed by atoms with Crippen molar-refractivity contribution in [2.75, 3.05) is 13.4 Å². The minimum absolute atomic E-state index is 0.00456. The number of aromatic amines is 1. The van der Waals surface area contributed by atoms with Gasteiger partial charge in [0, 0.05) is 22.2 Å². The molecule has 0 aliphatic carbocycles. The SMILES string of the molecule is COC(=O)[C@](NS(C)(=O)=O)(c1c(C)[nH]c2ccccc12)C(F)(F)F. The lowest BCUT2D eigenvalue weighted by atomic mass is 9.87. The first kappa shape index (κ1) is 18.3. The largest absolute Gasteiger partial charge is 0.467 e. The van der Waals surface area contributed by atoms with Crippen LogP contribution in [0.3, 0.4) is 0 Å². The van der Waals surface area contributed by atoms with Gasteiger partial charge in [-0.3, -0.25) is 0 Å². The quantitative estimate of drug-likeness (QED) is 0.812. The monoisotopic (exact) mass is 364 g/mol. The molecule has 0 saturated carbocycles. The van der Waals surface area contributed by atoms with Crippen molar-refractivity contribution < 1.29 is 31.1 Å². The minimum atomic E-state index is -5.28. The number of carbonyl (C=O) groups excluding carboxylic acids is 1. The van der Waals surface area contributed by atoms with E-state index in [-0.39, 0.29) is 11.1 Å². The van der Waals surface area contributed by atoms with Crippen LogP contribution >= 0.6 is 0 Å². The van der Waals surface area contributed by atoms with Gasteiger partial charge < -0.3 is 9.72 Å². The number of H-pyrrole nitrogens is 1. The van der Waals surface area contributed by atoms with Gasteiger partial charge in [-0.05, 0) is 13.0 Å². The highest BCUT2D eigenvalue weighted by Crippen LogP contribution is 2.44. The van der Waals surface area contributed by atoms with Crippen LogP contribution in [0, 0.1) is 6.92 Å². The number of carbonyl (C=O) groups is 1. The number of alkyl halides is 3. The molecule has 0 saturated heterocycles. The second-order valence-corrected chi connectivity index (χ2v) is 7.03. The lowest BCUT2D eigenvalue weighted by molar-refractivity contribution is -0.210. The molecular formula is C14H15F3N2O4S. The second kappa shape index (κ2) is 5.78. The van der Waals surface area contributed by atoms with Gasteiger partial charge in [-0.1, -0.05) is 18.2 Å². The van der Waals surface area contributed by atoms with Crippen LogP contribution in [0.5, 0.6) is 0 Å². The fourth-order valence-electron chi connectivity index (χ4n) is 2.70. The third-order valence-corrected chi connectivity index (χ3v) is 4.20. The fourth-order valence-corrected chi connectivity index (χ4v) is 3.56. The van der Waals surface area contributed by atoms with Crippen molar-refractivity contribution in [2.45, 2.75) is 18.6 Å². The molecule has 2 rings (SSSR count). The van der Waals surface area contributed by atoms with Gasteiger partial charge in [-0.25, -0.2) is 13.2 Å². The van der Waals surface area contributed by atoms with Crippen molar-refractivity contribution in [2.24, 2.45) is 0 Å². The van der Waals surface area contributed by atoms with Crippen LogP contribution in [0.15, 0.2) is 24.3 Å². The smallest absolute Gasteiger partial charge is 0.422 e. The molecule has 2 N–H and O–H groups in total. The Bertz CT molecular complexity index is 889. The Morgan fingerprint density at radius 2 is 1.83 bits per heavy atom. The van der Waals surface area contributed by atoms with E-state index in [1.165, 1.54) is 29.8 Å². The summed E-state index contributed by atoms with van der Waals surface area (Å²) >= 11 is 0. The van der Waals surface area contributed by atoms with Crippen LogP contribution in [0.25, 0.3) is 10.9 Å². The minimum Gasteiger partial charge on any atom is -0.467 e. The molecule has 1 heterocycles. The van der Waals surface area contributed by atoms with Gasteiger partial charge in [0.05, 0.1) is 13.4 Å². The summed E-state index contributed by atoms with van der Waals surface area (Å²) in [6.07, 6.45) is -4.74. The molecule has 2 aromatic rings. The predicted molar refractivity (Wildman–Crippen MR) is 80.8 cm³/mol. The Labute approximate surface area is 136 Å². The summed E-state index contributed by atoms with van der Waals surface area (Å²) in [5, 5.41) is 0.0638. The van der Waals surface area contributed by atoms with Gasteiger partial charge >= 0.3 is 12.1 Å². The van der Waals surface area contributed by atoms with Crippen LogP contribution < -0.4 is 4.72 Å².